The zero-order valence-corrected chi connectivity index (χ0v) is 19.0. The van der Waals surface area contributed by atoms with Crippen molar-refractivity contribution in [2.75, 3.05) is 32.7 Å². The van der Waals surface area contributed by atoms with Gasteiger partial charge in [-0.2, -0.15) is 5.10 Å². The average molecular weight is 445 g/mol. The Balaban J connectivity index is 1.40. The van der Waals surface area contributed by atoms with Gasteiger partial charge in [0.1, 0.15) is 5.82 Å². The number of rotatable bonds is 7. The SMILES string of the molecule is CCCN1CCN(Cc2cnn(-c3ccc(-c4ccc(F)cc4)cc3)c2-c2ccoc2)CC1. The minimum Gasteiger partial charge on any atom is -0.472 e. The Morgan fingerprint density at radius 2 is 1.52 bits per heavy atom. The van der Waals surface area contributed by atoms with Crippen LogP contribution < -0.4 is 0 Å². The minimum atomic E-state index is -0.226. The average Bonchev–Trinajstić information content (AvgIpc) is 3.51. The molecule has 0 saturated carbocycles. The van der Waals surface area contributed by atoms with Gasteiger partial charge in [0.15, 0.2) is 0 Å². The van der Waals surface area contributed by atoms with E-state index in [2.05, 4.69) is 41.0 Å². The first-order valence-electron chi connectivity index (χ1n) is 11.6. The molecule has 0 bridgehead atoms. The Morgan fingerprint density at radius 1 is 0.848 bits per heavy atom. The molecule has 0 aliphatic carbocycles. The predicted octanol–water partition coefficient (Wildman–Crippen LogP) is 5.47. The molecule has 0 atom stereocenters. The largest absolute Gasteiger partial charge is 0.472 e. The van der Waals surface area contributed by atoms with Crippen LogP contribution in [0.3, 0.4) is 0 Å². The first-order valence-corrected chi connectivity index (χ1v) is 11.6. The fraction of sp³-hybridized carbons (Fsp3) is 0.296. The van der Waals surface area contributed by atoms with Gasteiger partial charge in [-0.1, -0.05) is 31.2 Å². The Morgan fingerprint density at radius 3 is 2.15 bits per heavy atom. The Labute approximate surface area is 194 Å². The van der Waals surface area contributed by atoms with Crippen molar-refractivity contribution >= 4 is 0 Å². The summed E-state index contributed by atoms with van der Waals surface area (Å²) in [6.45, 7) is 8.67. The van der Waals surface area contributed by atoms with E-state index < -0.39 is 0 Å². The van der Waals surface area contributed by atoms with Gasteiger partial charge >= 0.3 is 0 Å². The number of hydrogen-bond acceptors (Lipinski definition) is 4. The highest BCUT2D eigenvalue weighted by atomic mass is 19.1. The van der Waals surface area contributed by atoms with Crippen LogP contribution in [-0.2, 0) is 6.54 Å². The monoisotopic (exact) mass is 444 g/mol. The molecule has 33 heavy (non-hydrogen) atoms. The van der Waals surface area contributed by atoms with Gasteiger partial charge in [-0.3, -0.25) is 4.90 Å². The molecule has 1 aliphatic heterocycles. The lowest BCUT2D eigenvalue weighted by molar-refractivity contribution is 0.127. The Hall–Kier alpha value is -3.22. The highest BCUT2D eigenvalue weighted by Gasteiger charge is 2.21. The van der Waals surface area contributed by atoms with E-state index in [4.69, 9.17) is 9.52 Å². The van der Waals surface area contributed by atoms with Gasteiger partial charge in [0.25, 0.3) is 0 Å². The number of furan rings is 1. The highest BCUT2D eigenvalue weighted by molar-refractivity contribution is 5.67. The lowest BCUT2D eigenvalue weighted by atomic mass is 10.1. The van der Waals surface area contributed by atoms with Gasteiger partial charge in [-0.15, -0.1) is 0 Å². The standard InChI is InChI=1S/C27H29FN4O/c1-2-12-30-13-15-31(16-14-30)19-24-18-29-32(27(24)23-11-17-33-20-23)26-9-5-22(6-10-26)21-3-7-25(28)8-4-21/h3-11,17-18,20H,2,12-16,19H2,1H3. The maximum atomic E-state index is 13.3. The van der Waals surface area contributed by atoms with Crippen LogP contribution >= 0.6 is 0 Å². The second kappa shape index (κ2) is 9.73. The summed E-state index contributed by atoms with van der Waals surface area (Å²) in [5.74, 6) is -0.226. The van der Waals surface area contributed by atoms with Crippen LogP contribution in [0.5, 0.6) is 0 Å². The summed E-state index contributed by atoms with van der Waals surface area (Å²) in [5, 5.41) is 4.75. The van der Waals surface area contributed by atoms with Crippen LogP contribution in [0.25, 0.3) is 28.1 Å². The summed E-state index contributed by atoms with van der Waals surface area (Å²) in [6.07, 6.45) is 6.67. The quantitative estimate of drug-likeness (QED) is 0.379. The number of halogens is 1. The third-order valence-electron chi connectivity index (χ3n) is 6.33. The Bertz CT molecular complexity index is 1160. The highest BCUT2D eigenvalue weighted by Crippen LogP contribution is 2.29. The van der Waals surface area contributed by atoms with Crippen molar-refractivity contribution in [2.45, 2.75) is 19.9 Å². The topological polar surface area (TPSA) is 37.4 Å². The second-order valence-corrected chi connectivity index (χ2v) is 8.61. The van der Waals surface area contributed by atoms with E-state index in [0.717, 1.165) is 60.8 Å². The molecule has 2 aromatic carbocycles. The van der Waals surface area contributed by atoms with Gasteiger partial charge in [0.05, 0.1) is 30.1 Å². The first kappa shape index (κ1) is 21.6. The molecule has 4 aromatic rings. The summed E-state index contributed by atoms with van der Waals surface area (Å²) in [7, 11) is 0. The summed E-state index contributed by atoms with van der Waals surface area (Å²) >= 11 is 0. The number of piperazine rings is 1. The smallest absolute Gasteiger partial charge is 0.123 e. The van der Waals surface area contributed by atoms with Crippen LogP contribution in [0, 0.1) is 5.82 Å². The normalized spacial score (nSPS) is 15.2. The van der Waals surface area contributed by atoms with Crippen LogP contribution in [0.1, 0.15) is 18.9 Å². The predicted molar refractivity (Wildman–Crippen MR) is 129 cm³/mol. The molecule has 0 amide bonds. The minimum absolute atomic E-state index is 0.226. The maximum Gasteiger partial charge on any atom is 0.123 e. The van der Waals surface area contributed by atoms with Crippen molar-refractivity contribution in [1.29, 1.82) is 0 Å². The van der Waals surface area contributed by atoms with Crippen molar-refractivity contribution in [3.05, 3.63) is 84.7 Å². The van der Waals surface area contributed by atoms with E-state index in [1.807, 2.05) is 16.9 Å². The fourth-order valence-corrected chi connectivity index (χ4v) is 4.57. The van der Waals surface area contributed by atoms with Crippen LogP contribution in [0.15, 0.2) is 77.7 Å². The van der Waals surface area contributed by atoms with E-state index in [-0.39, 0.29) is 5.82 Å². The van der Waals surface area contributed by atoms with E-state index in [1.165, 1.54) is 30.7 Å². The van der Waals surface area contributed by atoms with E-state index in [0.29, 0.717) is 0 Å². The summed E-state index contributed by atoms with van der Waals surface area (Å²) in [5.41, 5.74) is 6.30. The van der Waals surface area contributed by atoms with Gasteiger partial charge in [-0.25, -0.2) is 9.07 Å². The molecule has 5 rings (SSSR count). The zero-order chi connectivity index (χ0) is 22.6. The summed E-state index contributed by atoms with van der Waals surface area (Å²) < 4.78 is 20.7. The fourth-order valence-electron chi connectivity index (χ4n) is 4.57. The number of nitrogens with zero attached hydrogens (tertiary/aromatic N) is 4. The molecule has 5 nitrogen and oxygen atoms in total. The van der Waals surface area contributed by atoms with Crippen LogP contribution in [0.2, 0.25) is 0 Å². The Kier molecular flexibility index (Phi) is 6.37. The molecule has 1 fully saturated rings. The molecule has 0 radical (unpaired) electrons. The molecule has 1 saturated heterocycles. The van der Waals surface area contributed by atoms with E-state index >= 15 is 0 Å². The molecule has 6 heteroatoms. The van der Waals surface area contributed by atoms with Gasteiger partial charge in [-0.05, 0) is 54.4 Å². The number of hydrogen-bond donors (Lipinski definition) is 0. The van der Waals surface area contributed by atoms with E-state index in [9.17, 15) is 4.39 Å². The first-order chi connectivity index (χ1) is 16.2. The van der Waals surface area contributed by atoms with Crippen LogP contribution in [0.4, 0.5) is 4.39 Å². The third-order valence-corrected chi connectivity index (χ3v) is 6.33. The molecule has 170 valence electrons. The van der Waals surface area contributed by atoms with Crippen molar-refractivity contribution in [1.82, 2.24) is 19.6 Å². The molecule has 0 N–H and O–H groups in total. The number of benzene rings is 2. The van der Waals surface area contributed by atoms with Gasteiger partial charge < -0.3 is 9.32 Å². The van der Waals surface area contributed by atoms with Crippen molar-refractivity contribution < 1.29 is 8.81 Å². The van der Waals surface area contributed by atoms with E-state index in [1.54, 1.807) is 24.7 Å². The molecular weight excluding hydrogens is 415 g/mol. The second-order valence-electron chi connectivity index (χ2n) is 8.61. The molecule has 0 spiro atoms. The lowest BCUT2D eigenvalue weighted by Gasteiger charge is -2.34. The van der Waals surface area contributed by atoms with Gasteiger partial charge in [0, 0.05) is 43.9 Å². The molecule has 1 aliphatic rings. The van der Waals surface area contributed by atoms with Crippen molar-refractivity contribution in [3.8, 4) is 28.1 Å². The van der Waals surface area contributed by atoms with Crippen molar-refractivity contribution in [3.63, 3.8) is 0 Å². The summed E-state index contributed by atoms with van der Waals surface area (Å²) in [4.78, 5) is 5.05. The molecular formula is C27H29FN4O. The summed E-state index contributed by atoms with van der Waals surface area (Å²) in [6, 6.07) is 16.8. The molecule has 2 aromatic heterocycles. The maximum absolute atomic E-state index is 13.3. The zero-order valence-electron chi connectivity index (χ0n) is 19.0. The van der Waals surface area contributed by atoms with Crippen molar-refractivity contribution in [2.24, 2.45) is 0 Å². The van der Waals surface area contributed by atoms with Gasteiger partial charge in [0.2, 0.25) is 0 Å². The van der Waals surface area contributed by atoms with Crippen LogP contribution in [-0.4, -0.2) is 52.3 Å². The number of aromatic nitrogens is 2. The lowest BCUT2D eigenvalue weighted by Crippen LogP contribution is -2.46. The molecule has 0 unspecified atom stereocenters. The molecule has 3 heterocycles. The third kappa shape index (κ3) is 4.77.